The van der Waals surface area contributed by atoms with E-state index in [1.807, 2.05) is 13.8 Å². The van der Waals surface area contributed by atoms with E-state index in [9.17, 15) is 50.6 Å². The summed E-state index contributed by atoms with van der Waals surface area (Å²) in [6, 6.07) is 15.6. The van der Waals surface area contributed by atoms with Crippen LogP contribution in [0.25, 0.3) is 0 Å². The molecular formula is C51H43Br2ClF6N12O8. The average Bonchev–Trinajstić information content (AvgIpc) is 4.14. The lowest BCUT2D eigenvalue weighted by Gasteiger charge is -2.28. The van der Waals surface area contributed by atoms with Crippen LogP contribution in [-0.2, 0) is 30.2 Å². The maximum Gasteiger partial charge on any atom is 0.421 e. The number of pyridine rings is 4. The first-order chi connectivity index (χ1) is 37.8. The smallest absolute Gasteiger partial charge is 0.421 e. The van der Waals surface area contributed by atoms with E-state index in [0.29, 0.717) is 10.2 Å². The molecule has 0 bridgehead atoms. The molecule has 2 N–H and O–H groups in total. The molecule has 0 radical (unpaired) electrons. The lowest BCUT2D eigenvalue weighted by molar-refractivity contribution is -0.139. The van der Waals surface area contributed by atoms with Gasteiger partial charge in [-0.1, -0.05) is 0 Å². The van der Waals surface area contributed by atoms with Gasteiger partial charge in [0.2, 0.25) is 11.8 Å². The van der Waals surface area contributed by atoms with Crippen molar-refractivity contribution in [2.24, 2.45) is 0 Å². The zero-order valence-electron chi connectivity index (χ0n) is 42.2. The van der Waals surface area contributed by atoms with Crippen molar-refractivity contribution in [2.75, 3.05) is 17.3 Å². The Balaban J connectivity index is 0.000000224. The predicted molar refractivity (Wildman–Crippen MR) is 283 cm³/mol. The van der Waals surface area contributed by atoms with Crippen molar-refractivity contribution >= 4 is 77.9 Å². The van der Waals surface area contributed by atoms with E-state index in [4.69, 9.17) is 25.8 Å². The van der Waals surface area contributed by atoms with Crippen LogP contribution >= 0.6 is 43.5 Å². The first-order valence-corrected chi connectivity index (χ1v) is 25.1. The summed E-state index contributed by atoms with van der Waals surface area (Å²) in [7, 11) is 1.21. The first-order valence-electron chi connectivity index (χ1n) is 23.1. The standard InChI is InChI=1S/C25H20BrF3N6O4.C20H20F3N5O3.C6H3BrClNO/c1-14(2)35(23(36)20-5-3-16(26)12-30-20)21-6-4-17(10-18(21)24(37)38)39-22-19(25(27,28)29)9-15(11-31-22)13-34-32-7-8-33-34;1-12(2)27-17-5-4-14(9-15(17)19(29)30-3)31-18-16(20(21,22)23)8-13(10-24-18)11-28-25-6-7-26-28;7-4-1-2-5(6(8)10)9-3-4/h3-12,14H,13H2,1-2H3,(H,37,38);4-10,12,27H,11H2,1-3H3;1-3H. The minimum absolute atomic E-state index is 0.00852. The van der Waals surface area contributed by atoms with E-state index in [2.05, 4.69) is 77.5 Å². The average molecular weight is 1260 g/mol. The Hall–Kier alpha value is -8.37. The van der Waals surface area contributed by atoms with Crippen LogP contribution in [0.5, 0.6) is 23.3 Å². The Morgan fingerprint density at radius 2 is 1.11 bits per heavy atom. The largest absolute Gasteiger partial charge is 0.478 e. The molecule has 0 saturated heterocycles. The van der Waals surface area contributed by atoms with Crippen molar-refractivity contribution in [1.82, 2.24) is 49.9 Å². The molecule has 1 amide bonds. The molecule has 20 nitrogen and oxygen atoms in total. The number of carbonyl (C=O) groups is 4. The number of esters is 1. The topological polar surface area (TPSA) is 244 Å². The summed E-state index contributed by atoms with van der Waals surface area (Å²) in [6.07, 6.45) is 1.50. The number of nitrogens with one attached hydrogen (secondary N) is 1. The van der Waals surface area contributed by atoms with E-state index in [-0.39, 0.29) is 70.0 Å². The number of rotatable bonds is 16. The lowest BCUT2D eigenvalue weighted by atomic mass is 10.1. The van der Waals surface area contributed by atoms with Gasteiger partial charge in [0.05, 0.1) is 61.8 Å². The third-order valence-corrected chi connectivity index (χ3v) is 11.5. The molecule has 6 heterocycles. The highest BCUT2D eigenvalue weighted by Crippen LogP contribution is 2.40. The fourth-order valence-electron chi connectivity index (χ4n) is 6.94. The zero-order valence-corrected chi connectivity index (χ0v) is 46.2. The molecule has 8 aromatic rings. The number of nitrogens with zero attached hydrogens (tertiary/aromatic N) is 11. The molecule has 0 unspecified atom stereocenters. The van der Waals surface area contributed by atoms with Gasteiger partial charge in [0.1, 0.15) is 34.0 Å². The minimum Gasteiger partial charge on any atom is -0.478 e. The normalized spacial score (nSPS) is 11.2. The molecule has 6 aromatic heterocycles. The van der Waals surface area contributed by atoms with Gasteiger partial charge in [-0.15, -0.1) is 0 Å². The quantitative estimate of drug-likeness (QED) is 0.0519. The summed E-state index contributed by atoms with van der Waals surface area (Å²) < 4.78 is 99.5. The number of amides is 1. The van der Waals surface area contributed by atoms with Crippen molar-refractivity contribution in [3.8, 4) is 23.3 Å². The van der Waals surface area contributed by atoms with Crippen LogP contribution in [0.1, 0.15) is 91.6 Å². The van der Waals surface area contributed by atoms with Crippen molar-refractivity contribution in [1.29, 1.82) is 0 Å². The number of carbonyl (C=O) groups excluding carboxylic acids is 3. The lowest BCUT2D eigenvalue weighted by Crippen LogP contribution is -2.38. The molecule has 29 heteroatoms. The monoisotopic (exact) mass is 1260 g/mol. The summed E-state index contributed by atoms with van der Waals surface area (Å²) in [5, 5.41) is 27.9. The molecule has 8 rings (SSSR count). The predicted octanol–water partition coefficient (Wildman–Crippen LogP) is 11.8. The van der Waals surface area contributed by atoms with Gasteiger partial charge in [-0.3, -0.25) is 14.6 Å². The van der Waals surface area contributed by atoms with Gasteiger partial charge in [0.15, 0.2) is 0 Å². The van der Waals surface area contributed by atoms with Crippen LogP contribution in [0.15, 0.2) is 131 Å². The van der Waals surface area contributed by atoms with Gasteiger partial charge in [0.25, 0.3) is 11.1 Å². The second-order valence-electron chi connectivity index (χ2n) is 17.0. The molecule has 0 saturated carbocycles. The number of hydrogen-bond acceptors (Lipinski definition) is 16. The Morgan fingerprint density at radius 3 is 1.51 bits per heavy atom. The molecular weight excluding hydrogens is 1220 g/mol. The highest BCUT2D eigenvalue weighted by Gasteiger charge is 2.38. The third-order valence-electron chi connectivity index (χ3n) is 10.3. The number of ether oxygens (including phenoxy) is 3. The second-order valence-corrected chi connectivity index (χ2v) is 19.1. The Labute approximate surface area is 472 Å². The summed E-state index contributed by atoms with van der Waals surface area (Å²) in [4.78, 5) is 67.1. The van der Waals surface area contributed by atoms with Gasteiger partial charge in [0, 0.05) is 51.5 Å². The van der Waals surface area contributed by atoms with Gasteiger partial charge < -0.3 is 29.5 Å². The molecule has 0 spiro atoms. The second kappa shape index (κ2) is 27.0. The number of carboxylic acids is 1. The molecule has 0 aliphatic carbocycles. The molecule has 80 heavy (non-hydrogen) atoms. The summed E-state index contributed by atoms with van der Waals surface area (Å²) in [5.41, 5.74) is -1.17. The van der Waals surface area contributed by atoms with Crippen LogP contribution < -0.4 is 19.7 Å². The molecule has 2 aromatic carbocycles. The van der Waals surface area contributed by atoms with Crippen LogP contribution in [0, 0.1) is 0 Å². The van der Waals surface area contributed by atoms with Gasteiger partial charge in [-0.05, 0) is 155 Å². The number of halogens is 9. The van der Waals surface area contributed by atoms with E-state index in [0.717, 1.165) is 22.7 Å². The van der Waals surface area contributed by atoms with Gasteiger partial charge >= 0.3 is 24.3 Å². The first kappa shape index (κ1) is 60.9. The van der Waals surface area contributed by atoms with Crippen LogP contribution in [0.3, 0.4) is 0 Å². The maximum absolute atomic E-state index is 13.8. The summed E-state index contributed by atoms with van der Waals surface area (Å²) in [5.74, 6) is -4.23. The number of hydrogen-bond donors (Lipinski definition) is 2. The van der Waals surface area contributed by atoms with Crippen molar-refractivity contribution in [2.45, 2.75) is 65.2 Å². The van der Waals surface area contributed by atoms with E-state index >= 15 is 0 Å². The number of aromatic nitrogens is 10. The molecule has 0 aliphatic rings. The number of alkyl halides is 6. The molecule has 0 fully saturated rings. The van der Waals surface area contributed by atoms with Crippen molar-refractivity contribution in [3.05, 3.63) is 176 Å². The number of methoxy groups -OCH3 is 1. The van der Waals surface area contributed by atoms with Crippen LogP contribution in [0.4, 0.5) is 37.7 Å². The molecule has 0 aliphatic heterocycles. The number of aromatic carboxylic acids is 1. The van der Waals surface area contributed by atoms with Crippen molar-refractivity contribution in [3.63, 3.8) is 0 Å². The Morgan fingerprint density at radius 1 is 0.650 bits per heavy atom. The van der Waals surface area contributed by atoms with Crippen LogP contribution in [-0.4, -0.2) is 97.3 Å². The number of anilines is 2. The SMILES string of the molecule is CC(C)N(C(=O)c1ccc(Br)cn1)c1ccc(Oc2ncc(Cn3nccn3)cc2C(F)(F)F)cc1C(=O)O.COC(=O)c1cc(Oc2ncc(Cn3nccn3)cc2C(F)(F)F)ccc1NC(C)C.O=C(Cl)c1ccc(Br)cn1. The summed E-state index contributed by atoms with van der Waals surface area (Å²) >= 11 is 11.6. The molecule has 418 valence electrons. The third kappa shape index (κ3) is 16.8. The van der Waals surface area contributed by atoms with Crippen molar-refractivity contribution < 1.29 is 64.8 Å². The maximum atomic E-state index is 13.8. The Bertz CT molecular complexity index is 3430. The fourth-order valence-corrected chi connectivity index (χ4v) is 7.52. The number of carboxylic acid groups (broad SMARTS) is 1. The number of benzene rings is 2. The highest BCUT2D eigenvalue weighted by atomic mass is 79.9. The van der Waals surface area contributed by atoms with Gasteiger partial charge in [-0.25, -0.2) is 24.5 Å². The minimum atomic E-state index is -4.82. The zero-order chi connectivity index (χ0) is 58.5. The fraction of sp³-hybridized carbons (Fsp3) is 0.216. The van der Waals surface area contributed by atoms with E-state index in [1.165, 1.54) is 108 Å². The van der Waals surface area contributed by atoms with Crippen LogP contribution in [0.2, 0.25) is 0 Å². The Kier molecular flexibility index (Phi) is 20.5. The van der Waals surface area contributed by atoms with Gasteiger partial charge in [-0.2, -0.15) is 56.3 Å². The van der Waals surface area contributed by atoms with E-state index in [1.54, 1.807) is 32.0 Å². The molecule has 0 atom stereocenters. The van der Waals surface area contributed by atoms with E-state index < -0.39 is 64.4 Å². The highest BCUT2D eigenvalue weighted by molar-refractivity contribution is 9.10. The summed E-state index contributed by atoms with van der Waals surface area (Å²) in [6.45, 7) is 7.11.